The number of hydrogen-bond donors (Lipinski definition) is 2. The lowest BCUT2D eigenvalue weighted by molar-refractivity contribution is -0.115. The second-order valence-electron chi connectivity index (χ2n) is 7.05. The first-order valence-electron chi connectivity index (χ1n) is 10.3. The van der Waals surface area contributed by atoms with E-state index in [9.17, 15) is 14.4 Å². The van der Waals surface area contributed by atoms with E-state index in [-0.39, 0.29) is 37.1 Å². The van der Waals surface area contributed by atoms with Crippen LogP contribution in [0.15, 0.2) is 77.3 Å². The maximum Gasteiger partial charge on any atom is 0.513 e. The lowest BCUT2D eigenvalue weighted by atomic mass is 10.1. The minimum atomic E-state index is -0.793. The Morgan fingerprint density at radius 1 is 0.909 bits per heavy atom. The molecule has 170 valence electrons. The Hall–Kier alpha value is -3.65. The highest BCUT2D eigenvalue weighted by atomic mass is 79.9. The summed E-state index contributed by atoms with van der Waals surface area (Å²) in [6.45, 7) is 2.19. The molecule has 0 atom stereocenters. The van der Waals surface area contributed by atoms with Gasteiger partial charge in [-0.3, -0.25) is 9.59 Å². The number of hydrogen-bond acceptors (Lipinski definition) is 5. The number of anilines is 1. The van der Waals surface area contributed by atoms with Crippen LogP contribution in [0.2, 0.25) is 0 Å². The van der Waals surface area contributed by atoms with E-state index in [2.05, 4.69) is 26.6 Å². The van der Waals surface area contributed by atoms with Crippen LogP contribution in [0.25, 0.3) is 0 Å². The summed E-state index contributed by atoms with van der Waals surface area (Å²) < 4.78 is 10.6. The zero-order chi connectivity index (χ0) is 23.6. The minimum Gasteiger partial charge on any atom is -0.434 e. The molecule has 3 rings (SSSR count). The van der Waals surface area contributed by atoms with Gasteiger partial charge in [-0.05, 0) is 66.6 Å². The summed E-state index contributed by atoms with van der Waals surface area (Å²) in [5.41, 5.74) is 2.82. The van der Waals surface area contributed by atoms with Gasteiger partial charge in [0.1, 0.15) is 5.75 Å². The number of nitrogens with one attached hydrogen (secondary N) is 2. The number of benzene rings is 3. The van der Waals surface area contributed by atoms with Crippen molar-refractivity contribution in [3.63, 3.8) is 0 Å². The van der Waals surface area contributed by atoms with Crippen molar-refractivity contribution in [1.29, 1.82) is 0 Å². The SMILES string of the molecule is CCOC(=O)Oc1ccc(C(=O)NCc2cccc(NC(=O)Cc3cccc(Br)c3)c2)cc1. The fraction of sp³-hybridized carbons (Fsp3) is 0.160. The molecule has 0 saturated carbocycles. The molecule has 7 nitrogen and oxygen atoms in total. The number of ether oxygens (including phenoxy) is 2. The molecule has 3 aromatic carbocycles. The third kappa shape index (κ3) is 7.76. The van der Waals surface area contributed by atoms with Crippen LogP contribution in [-0.4, -0.2) is 24.6 Å². The van der Waals surface area contributed by atoms with Gasteiger partial charge in [-0.25, -0.2) is 4.79 Å². The van der Waals surface area contributed by atoms with Crippen molar-refractivity contribution < 1.29 is 23.9 Å². The number of carbonyl (C=O) groups excluding carboxylic acids is 3. The average molecular weight is 511 g/mol. The Morgan fingerprint density at radius 2 is 1.64 bits per heavy atom. The Morgan fingerprint density at radius 3 is 2.36 bits per heavy atom. The Labute approximate surface area is 200 Å². The van der Waals surface area contributed by atoms with Crippen molar-refractivity contribution in [3.05, 3.63) is 94.0 Å². The summed E-state index contributed by atoms with van der Waals surface area (Å²) in [5, 5.41) is 5.71. The Balaban J connectivity index is 1.52. The van der Waals surface area contributed by atoms with Gasteiger partial charge in [0.05, 0.1) is 13.0 Å². The van der Waals surface area contributed by atoms with Gasteiger partial charge in [0.15, 0.2) is 0 Å². The third-order valence-corrected chi connectivity index (χ3v) is 4.99. The first-order chi connectivity index (χ1) is 15.9. The van der Waals surface area contributed by atoms with Crippen molar-refractivity contribution >= 4 is 39.6 Å². The summed E-state index contributed by atoms with van der Waals surface area (Å²) in [4.78, 5) is 36.1. The number of rotatable bonds is 8. The predicted octanol–water partition coefficient (Wildman–Crippen LogP) is 5.10. The van der Waals surface area contributed by atoms with E-state index in [4.69, 9.17) is 9.47 Å². The van der Waals surface area contributed by atoms with E-state index in [0.717, 1.165) is 15.6 Å². The van der Waals surface area contributed by atoms with Crippen LogP contribution in [0.4, 0.5) is 10.5 Å². The fourth-order valence-electron chi connectivity index (χ4n) is 3.00. The molecule has 0 heterocycles. The topological polar surface area (TPSA) is 93.7 Å². The quantitative estimate of drug-likeness (QED) is 0.325. The molecular formula is C25H23BrN2O5. The summed E-state index contributed by atoms with van der Waals surface area (Å²) >= 11 is 3.40. The zero-order valence-electron chi connectivity index (χ0n) is 18.0. The highest BCUT2D eigenvalue weighted by molar-refractivity contribution is 9.10. The molecule has 0 unspecified atom stereocenters. The van der Waals surface area contributed by atoms with Crippen molar-refractivity contribution in [2.45, 2.75) is 19.9 Å². The second kappa shape index (κ2) is 11.8. The smallest absolute Gasteiger partial charge is 0.434 e. The average Bonchev–Trinajstić information content (AvgIpc) is 2.78. The molecular weight excluding hydrogens is 488 g/mol. The van der Waals surface area contributed by atoms with E-state index in [1.54, 1.807) is 25.1 Å². The lowest BCUT2D eigenvalue weighted by Crippen LogP contribution is -2.23. The first kappa shape index (κ1) is 24.0. The van der Waals surface area contributed by atoms with Crippen LogP contribution in [0.3, 0.4) is 0 Å². The molecule has 0 saturated heterocycles. The molecule has 0 radical (unpaired) electrons. The molecule has 0 bridgehead atoms. The van der Waals surface area contributed by atoms with Gasteiger partial charge in [0.25, 0.3) is 5.91 Å². The van der Waals surface area contributed by atoms with Crippen LogP contribution < -0.4 is 15.4 Å². The van der Waals surface area contributed by atoms with Gasteiger partial charge >= 0.3 is 6.16 Å². The molecule has 0 aliphatic carbocycles. The molecule has 0 aromatic heterocycles. The van der Waals surface area contributed by atoms with Crippen LogP contribution in [0, 0.1) is 0 Å². The van der Waals surface area contributed by atoms with Crippen molar-refractivity contribution in [1.82, 2.24) is 5.32 Å². The summed E-state index contributed by atoms with van der Waals surface area (Å²) in [7, 11) is 0. The molecule has 0 spiro atoms. The van der Waals surface area contributed by atoms with Gasteiger partial charge in [0, 0.05) is 22.3 Å². The Kier molecular flexibility index (Phi) is 8.60. The summed E-state index contributed by atoms with van der Waals surface area (Å²) in [6.07, 6.45) is -0.533. The van der Waals surface area contributed by atoms with E-state index in [1.165, 1.54) is 12.1 Å². The van der Waals surface area contributed by atoms with Crippen molar-refractivity contribution in [2.24, 2.45) is 0 Å². The predicted molar refractivity (Wildman–Crippen MR) is 128 cm³/mol. The number of halogens is 1. The van der Waals surface area contributed by atoms with Crippen LogP contribution in [-0.2, 0) is 22.5 Å². The summed E-state index contributed by atoms with van der Waals surface area (Å²) in [5.74, 6) is -0.113. The second-order valence-corrected chi connectivity index (χ2v) is 7.96. The molecule has 0 aliphatic rings. The fourth-order valence-corrected chi connectivity index (χ4v) is 3.45. The maximum absolute atomic E-state index is 12.4. The van der Waals surface area contributed by atoms with Gasteiger partial charge < -0.3 is 20.1 Å². The van der Waals surface area contributed by atoms with Gasteiger partial charge in [-0.1, -0.05) is 40.2 Å². The highest BCUT2D eigenvalue weighted by Crippen LogP contribution is 2.16. The lowest BCUT2D eigenvalue weighted by Gasteiger charge is -2.10. The van der Waals surface area contributed by atoms with Crippen LogP contribution in [0.1, 0.15) is 28.4 Å². The number of carbonyl (C=O) groups is 3. The first-order valence-corrected chi connectivity index (χ1v) is 11.1. The van der Waals surface area contributed by atoms with E-state index >= 15 is 0 Å². The number of amides is 2. The summed E-state index contributed by atoms with van der Waals surface area (Å²) in [6, 6.07) is 21.0. The molecule has 2 N–H and O–H groups in total. The molecule has 8 heteroatoms. The maximum atomic E-state index is 12.4. The van der Waals surface area contributed by atoms with E-state index in [1.807, 2.05) is 42.5 Å². The van der Waals surface area contributed by atoms with E-state index in [0.29, 0.717) is 11.3 Å². The highest BCUT2D eigenvalue weighted by Gasteiger charge is 2.09. The molecule has 3 aromatic rings. The minimum absolute atomic E-state index is 0.126. The van der Waals surface area contributed by atoms with Crippen LogP contribution in [0.5, 0.6) is 5.75 Å². The van der Waals surface area contributed by atoms with Gasteiger partial charge in [0.2, 0.25) is 5.91 Å². The normalized spacial score (nSPS) is 10.2. The largest absolute Gasteiger partial charge is 0.513 e. The van der Waals surface area contributed by atoms with Gasteiger partial charge in [-0.2, -0.15) is 0 Å². The van der Waals surface area contributed by atoms with Crippen molar-refractivity contribution in [2.75, 3.05) is 11.9 Å². The van der Waals surface area contributed by atoms with Crippen LogP contribution >= 0.6 is 15.9 Å². The standard InChI is InChI=1S/C25H23BrN2O5/c1-2-32-25(31)33-22-11-9-19(10-12-22)24(30)27-16-18-6-4-8-21(14-18)28-23(29)15-17-5-3-7-20(26)13-17/h3-14H,2,15-16H2,1H3,(H,27,30)(H,28,29). The van der Waals surface area contributed by atoms with E-state index < -0.39 is 6.16 Å². The zero-order valence-corrected chi connectivity index (χ0v) is 19.6. The van der Waals surface area contributed by atoms with Gasteiger partial charge in [-0.15, -0.1) is 0 Å². The van der Waals surface area contributed by atoms with Crippen molar-refractivity contribution in [3.8, 4) is 5.75 Å². The third-order valence-electron chi connectivity index (χ3n) is 4.50. The molecule has 0 aliphatic heterocycles. The monoisotopic (exact) mass is 510 g/mol. The Bertz CT molecular complexity index is 1130. The molecule has 0 fully saturated rings. The molecule has 33 heavy (non-hydrogen) atoms. The molecule has 2 amide bonds.